The van der Waals surface area contributed by atoms with Gasteiger partial charge >= 0.3 is 6.18 Å². The molecule has 0 aliphatic heterocycles. The molecule has 0 aliphatic carbocycles. The Bertz CT molecular complexity index is 516. The third-order valence-corrected chi connectivity index (χ3v) is 3.59. The van der Waals surface area contributed by atoms with E-state index in [-0.39, 0.29) is 0 Å². The first-order valence-electron chi connectivity index (χ1n) is 5.65. The van der Waals surface area contributed by atoms with E-state index in [1.165, 1.54) is 6.21 Å². The SMILES string of the molecule is Cc1cc(/C=N/[S@@](=O)C(C)(C)C)cc(C(F)(F)F)c1. The van der Waals surface area contributed by atoms with Gasteiger partial charge in [-0.3, -0.25) is 0 Å². The molecule has 0 heterocycles. The maximum atomic E-state index is 12.6. The minimum atomic E-state index is -4.39. The van der Waals surface area contributed by atoms with Crippen molar-refractivity contribution >= 4 is 17.2 Å². The van der Waals surface area contributed by atoms with E-state index in [0.717, 1.165) is 12.1 Å². The Hall–Kier alpha value is -1.17. The Labute approximate surface area is 113 Å². The molecule has 0 N–H and O–H groups in total. The molecule has 1 aromatic rings. The number of hydrogen-bond donors (Lipinski definition) is 0. The maximum absolute atomic E-state index is 12.6. The normalized spacial score (nSPS) is 14.9. The Morgan fingerprint density at radius 2 is 1.74 bits per heavy atom. The van der Waals surface area contributed by atoms with E-state index in [1.54, 1.807) is 33.8 Å². The van der Waals surface area contributed by atoms with Gasteiger partial charge in [-0.25, -0.2) is 4.21 Å². The topological polar surface area (TPSA) is 29.4 Å². The van der Waals surface area contributed by atoms with Crippen molar-refractivity contribution in [1.82, 2.24) is 0 Å². The first-order chi connectivity index (χ1) is 8.50. The highest BCUT2D eigenvalue weighted by Crippen LogP contribution is 2.30. The number of hydrogen-bond acceptors (Lipinski definition) is 1. The van der Waals surface area contributed by atoms with Gasteiger partial charge in [-0.2, -0.15) is 17.6 Å². The van der Waals surface area contributed by atoms with Gasteiger partial charge in [-0.1, -0.05) is 6.07 Å². The van der Waals surface area contributed by atoms with Crippen molar-refractivity contribution < 1.29 is 17.4 Å². The zero-order valence-corrected chi connectivity index (χ0v) is 12.0. The van der Waals surface area contributed by atoms with Crippen molar-refractivity contribution in [2.75, 3.05) is 0 Å². The van der Waals surface area contributed by atoms with Crippen LogP contribution in [0.3, 0.4) is 0 Å². The standard InChI is InChI=1S/C13H16F3NOS/c1-9-5-10(7-11(6-9)13(14,15)16)8-17-19(18)12(2,3)4/h5-8H,1-4H3/b17-8+/t19-/m0/s1. The van der Waals surface area contributed by atoms with Crippen LogP contribution in [-0.2, 0) is 17.2 Å². The van der Waals surface area contributed by atoms with Crippen LogP contribution in [0.5, 0.6) is 0 Å². The number of halogens is 3. The number of benzene rings is 1. The van der Waals surface area contributed by atoms with Crippen molar-refractivity contribution in [3.63, 3.8) is 0 Å². The largest absolute Gasteiger partial charge is 0.416 e. The molecular weight excluding hydrogens is 275 g/mol. The summed E-state index contributed by atoms with van der Waals surface area (Å²) in [5.41, 5.74) is 0.0539. The average molecular weight is 291 g/mol. The Kier molecular flexibility index (Phi) is 4.55. The first-order valence-corrected chi connectivity index (χ1v) is 6.76. The van der Waals surface area contributed by atoms with Gasteiger partial charge in [0, 0.05) is 6.21 Å². The molecule has 0 saturated carbocycles. The van der Waals surface area contributed by atoms with E-state index in [9.17, 15) is 17.4 Å². The summed E-state index contributed by atoms with van der Waals surface area (Å²) in [4.78, 5) is 0. The second kappa shape index (κ2) is 5.45. The van der Waals surface area contributed by atoms with Crippen LogP contribution >= 0.6 is 0 Å². The highest BCUT2D eigenvalue weighted by Gasteiger charge is 2.30. The van der Waals surface area contributed by atoms with Crippen LogP contribution in [0.25, 0.3) is 0 Å². The van der Waals surface area contributed by atoms with Gasteiger partial charge in [0.25, 0.3) is 0 Å². The number of alkyl halides is 3. The van der Waals surface area contributed by atoms with Gasteiger partial charge in [0.2, 0.25) is 0 Å². The minimum Gasteiger partial charge on any atom is -0.234 e. The fraction of sp³-hybridized carbons (Fsp3) is 0.462. The second-order valence-corrected chi connectivity index (χ2v) is 7.16. The van der Waals surface area contributed by atoms with Gasteiger partial charge in [0.15, 0.2) is 0 Å². The molecule has 2 nitrogen and oxygen atoms in total. The Balaban J connectivity index is 3.07. The van der Waals surface area contributed by atoms with E-state index in [1.807, 2.05) is 0 Å². The Morgan fingerprint density at radius 1 is 1.16 bits per heavy atom. The summed E-state index contributed by atoms with van der Waals surface area (Å²) in [7, 11) is -1.48. The Morgan fingerprint density at radius 3 is 2.21 bits per heavy atom. The molecule has 6 heteroatoms. The summed E-state index contributed by atoms with van der Waals surface area (Å²) in [5, 5.41) is 0. The molecule has 0 aromatic heterocycles. The van der Waals surface area contributed by atoms with Crippen LogP contribution < -0.4 is 0 Å². The summed E-state index contributed by atoms with van der Waals surface area (Å²) in [6, 6.07) is 3.63. The van der Waals surface area contributed by atoms with Crippen LogP contribution in [0.4, 0.5) is 13.2 Å². The third-order valence-electron chi connectivity index (χ3n) is 2.25. The van der Waals surface area contributed by atoms with Crippen LogP contribution in [0.1, 0.15) is 37.5 Å². The average Bonchev–Trinajstić information content (AvgIpc) is 2.22. The quantitative estimate of drug-likeness (QED) is 0.760. The molecule has 1 rings (SSSR count). The van der Waals surface area contributed by atoms with Crippen LogP contribution in [0.2, 0.25) is 0 Å². The fourth-order valence-electron chi connectivity index (χ4n) is 1.32. The molecule has 0 bridgehead atoms. The van der Waals surface area contributed by atoms with E-state index in [2.05, 4.69) is 4.40 Å². The summed E-state index contributed by atoms with van der Waals surface area (Å²) in [6.07, 6.45) is -3.17. The lowest BCUT2D eigenvalue weighted by Crippen LogP contribution is -2.19. The summed E-state index contributed by atoms with van der Waals surface area (Å²) < 4.78 is 52.9. The predicted molar refractivity (Wildman–Crippen MR) is 71.7 cm³/mol. The summed E-state index contributed by atoms with van der Waals surface area (Å²) >= 11 is 0. The molecule has 0 fully saturated rings. The maximum Gasteiger partial charge on any atom is 0.416 e. The van der Waals surface area contributed by atoms with Gasteiger partial charge in [-0.15, -0.1) is 0 Å². The van der Waals surface area contributed by atoms with Gasteiger partial charge < -0.3 is 0 Å². The summed E-state index contributed by atoms with van der Waals surface area (Å²) in [5.74, 6) is 0. The number of rotatable bonds is 2. The third kappa shape index (κ3) is 4.78. The lowest BCUT2D eigenvalue weighted by atomic mass is 10.1. The van der Waals surface area contributed by atoms with Crippen LogP contribution in [0.15, 0.2) is 22.6 Å². The molecular formula is C13H16F3NOS. The van der Waals surface area contributed by atoms with Crippen LogP contribution in [-0.4, -0.2) is 15.2 Å². The molecule has 106 valence electrons. The highest BCUT2D eigenvalue weighted by atomic mass is 32.2. The van der Waals surface area contributed by atoms with Crippen LogP contribution in [0, 0.1) is 6.92 Å². The van der Waals surface area contributed by atoms with Gasteiger partial charge in [0.05, 0.1) is 10.3 Å². The number of nitrogens with zero attached hydrogens (tertiary/aromatic N) is 1. The zero-order valence-electron chi connectivity index (χ0n) is 11.2. The summed E-state index contributed by atoms with van der Waals surface area (Å²) in [6.45, 7) is 6.82. The minimum absolute atomic E-state index is 0.296. The molecule has 19 heavy (non-hydrogen) atoms. The second-order valence-electron chi connectivity index (χ2n) is 5.23. The number of aryl methyl sites for hydroxylation is 1. The van der Waals surface area contributed by atoms with Crippen molar-refractivity contribution in [3.05, 3.63) is 34.9 Å². The molecule has 0 aliphatic rings. The van der Waals surface area contributed by atoms with Crippen molar-refractivity contribution in [3.8, 4) is 0 Å². The highest BCUT2D eigenvalue weighted by molar-refractivity contribution is 7.85. The molecule has 0 saturated heterocycles. The lowest BCUT2D eigenvalue weighted by Gasteiger charge is -2.13. The smallest absolute Gasteiger partial charge is 0.234 e. The molecule has 0 unspecified atom stereocenters. The molecule has 1 atom stereocenters. The van der Waals surface area contributed by atoms with E-state index >= 15 is 0 Å². The fourth-order valence-corrected chi connectivity index (χ4v) is 1.85. The van der Waals surface area contributed by atoms with E-state index in [0.29, 0.717) is 11.1 Å². The monoisotopic (exact) mass is 291 g/mol. The zero-order chi connectivity index (χ0) is 14.8. The molecule has 0 amide bonds. The van der Waals surface area contributed by atoms with Gasteiger partial charge in [-0.05, 0) is 51.0 Å². The molecule has 0 radical (unpaired) electrons. The van der Waals surface area contributed by atoms with Crippen molar-refractivity contribution in [2.24, 2.45) is 4.40 Å². The van der Waals surface area contributed by atoms with Gasteiger partial charge in [0.1, 0.15) is 11.0 Å². The lowest BCUT2D eigenvalue weighted by molar-refractivity contribution is -0.137. The molecule has 1 aromatic carbocycles. The molecule has 0 spiro atoms. The van der Waals surface area contributed by atoms with E-state index < -0.39 is 27.5 Å². The van der Waals surface area contributed by atoms with E-state index in [4.69, 9.17) is 0 Å². The van der Waals surface area contributed by atoms with Crippen molar-refractivity contribution in [1.29, 1.82) is 0 Å². The van der Waals surface area contributed by atoms with Crippen molar-refractivity contribution in [2.45, 2.75) is 38.6 Å². The predicted octanol–water partition coefficient (Wildman–Crippen LogP) is 3.89. The first kappa shape index (κ1) is 15.9.